The summed E-state index contributed by atoms with van der Waals surface area (Å²) in [4.78, 5) is 0. The standard InChI is InChI=1S/C15H15N3/c16-15-17-11-14(12-7-3-1-4-8-12)18(15)13-9-5-2-6-10-13/h1-10,14H,11H2,(H2,16,17)/p+1. The van der Waals surface area contributed by atoms with Gasteiger partial charge in [0.1, 0.15) is 18.3 Å². The van der Waals surface area contributed by atoms with Crippen molar-refractivity contribution in [2.75, 3.05) is 6.54 Å². The molecule has 0 aromatic heterocycles. The normalized spacial score (nSPS) is 18.8. The fourth-order valence-electron chi connectivity index (χ4n) is 2.40. The van der Waals surface area contributed by atoms with Crippen LogP contribution in [0.5, 0.6) is 0 Å². The Hall–Kier alpha value is -2.29. The zero-order valence-electron chi connectivity index (χ0n) is 10.1. The van der Waals surface area contributed by atoms with Crippen LogP contribution >= 0.6 is 0 Å². The van der Waals surface area contributed by atoms with Gasteiger partial charge in [0.15, 0.2) is 0 Å². The molecule has 0 fully saturated rings. The van der Waals surface area contributed by atoms with Crippen LogP contribution in [0.4, 0.5) is 5.69 Å². The summed E-state index contributed by atoms with van der Waals surface area (Å²) in [7, 11) is 0. The van der Waals surface area contributed by atoms with E-state index in [1.54, 1.807) is 0 Å². The highest BCUT2D eigenvalue weighted by Gasteiger charge is 2.30. The Balaban J connectivity index is 2.03. The van der Waals surface area contributed by atoms with Gasteiger partial charge in [-0.1, -0.05) is 48.5 Å². The van der Waals surface area contributed by atoms with Crippen LogP contribution in [0.15, 0.2) is 60.7 Å². The average Bonchev–Trinajstić information content (AvgIpc) is 2.83. The molecule has 1 atom stereocenters. The number of rotatable bonds is 2. The van der Waals surface area contributed by atoms with Gasteiger partial charge < -0.3 is 0 Å². The molecule has 2 aromatic rings. The van der Waals surface area contributed by atoms with Gasteiger partial charge in [0, 0.05) is 0 Å². The Kier molecular flexibility index (Phi) is 2.73. The Labute approximate surface area is 107 Å². The minimum atomic E-state index is 0.258. The Morgan fingerprint density at radius 3 is 2.22 bits per heavy atom. The predicted octanol–water partition coefficient (Wildman–Crippen LogP) is 1.99. The monoisotopic (exact) mass is 238 g/mol. The van der Waals surface area contributed by atoms with E-state index in [0.717, 1.165) is 18.2 Å². The smallest absolute Gasteiger partial charge is 0.290 e. The number of hydrogen-bond acceptors (Lipinski definition) is 2. The highest BCUT2D eigenvalue weighted by atomic mass is 15.3. The molecule has 3 nitrogen and oxygen atoms in total. The molecule has 0 amide bonds. The van der Waals surface area contributed by atoms with Crippen LogP contribution in [0.2, 0.25) is 0 Å². The van der Waals surface area contributed by atoms with Crippen LogP contribution in [0.25, 0.3) is 0 Å². The summed E-state index contributed by atoms with van der Waals surface area (Å²) in [5.74, 6) is 0.718. The van der Waals surface area contributed by atoms with Crippen molar-refractivity contribution >= 4 is 11.6 Å². The molecule has 0 radical (unpaired) electrons. The van der Waals surface area contributed by atoms with Crippen LogP contribution in [0.1, 0.15) is 11.6 Å². The Morgan fingerprint density at radius 2 is 1.56 bits per heavy atom. The van der Waals surface area contributed by atoms with Crippen LogP contribution in [0, 0.1) is 0 Å². The number of guanidine groups is 1. The van der Waals surface area contributed by atoms with Gasteiger partial charge in [-0.3, -0.25) is 11.1 Å². The summed E-state index contributed by atoms with van der Waals surface area (Å²) in [6.07, 6.45) is 0. The molecular weight excluding hydrogens is 222 g/mol. The maximum atomic E-state index is 6.07. The topological polar surface area (TPSA) is 41.1 Å². The summed E-state index contributed by atoms with van der Waals surface area (Å²) in [6.45, 7) is 0.838. The second-order valence-corrected chi connectivity index (χ2v) is 4.40. The molecule has 0 saturated carbocycles. The molecule has 0 saturated heterocycles. The number of nitrogens with zero attached hydrogens (tertiary/aromatic N) is 1. The molecule has 0 bridgehead atoms. The minimum Gasteiger partial charge on any atom is -0.290 e. The molecule has 1 aliphatic rings. The third-order valence-electron chi connectivity index (χ3n) is 3.27. The van der Waals surface area contributed by atoms with Gasteiger partial charge in [-0.05, 0) is 17.7 Å². The summed E-state index contributed by atoms with van der Waals surface area (Å²) in [5, 5.41) is 3.24. The average molecular weight is 238 g/mol. The molecular formula is C15H16N3+. The molecule has 0 spiro atoms. The maximum absolute atomic E-state index is 6.07. The summed E-state index contributed by atoms with van der Waals surface area (Å²) < 4.78 is 2.15. The largest absolute Gasteiger partial charge is 0.349 e. The van der Waals surface area contributed by atoms with Crippen molar-refractivity contribution in [3.63, 3.8) is 0 Å². The van der Waals surface area contributed by atoms with Gasteiger partial charge in [0.25, 0.3) is 0 Å². The fourth-order valence-corrected chi connectivity index (χ4v) is 2.40. The Bertz CT molecular complexity index is 561. The van der Waals surface area contributed by atoms with Crippen molar-refractivity contribution in [1.82, 2.24) is 5.32 Å². The van der Waals surface area contributed by atoms with Crippen molar-refractivity contribution in [1.29, 1.82) is 0 Å². The van der Waals surface area contributed by atoms with Crippen LogP contribution < -0.4 is 11.1 Å². The second-order valence-electron chi connectivity index (χ2n) is 4.40. The first-order chi connectivity index (χ1) is 8.86. The number of nitrogens with one attached hydrogen (secondary N) is 1. The van der Waals surface area contributed by atoms with E-state index >= 15 is 0 Å². The molecule has 18 heavy (non-hydrogen) atoms. The van der Waals surface area contributed by atoms with E-state index in [2.05, 4.69) is 46.3 Å². The Morgan fingerprint density at radius 1 is 0.944 bits per heavy atom. The molecule has 1 aliphatic heterocycles. The minimum absolute atomic E-state index is 0.258. The lowest BCUT2D eigenvalue weighted by Gasteiger charge is -2.13. The lowest BCUT2D eigenvalue weighted by atomic mass is 10.1. The lowest BCUT2D eigenvalue weighted by Crippen LogP contribution is -2.30. The zero-order chi connectivity index (χ0) is 12.4. The second kappa shape index (κ2) is 4.53. The van der Waals surface area contributed by atoms with Gasteiger partial charge in [0.05, 0.1) is 0 Å². The first kappa shape index (κ1) is 10.8. The fraction of sp³-hybridized carbons (Fsp3) is 0.133. The molecule has 2 aromatic carbocycles. The third kappa shape index (κ3) is 1.84. The number of hydrogen-bond donors (Lipinski definition) is 2. The quantitative estimate of drug-likeness (QED) is 0.786. The van der Waals surface area contributed by atoms with E-state index in [1.807, 2.05) is 24.3 Å². The van der Waals surface area contributed by atoms with Gasteiger partial charge in [-0.25, -0.2) is 4.58 Å². The van der Waals surface area contributed by atoms with Crippen LogP contribution in [-0.2, 0) is 0 Å². The molecule has 0 aliphatic carbocycles. The van der Waals surface area contributed by atoms with E-state index in [-0.39, 0.29) is 6.04 Å². The molecule has 1 unspecified atom stereocenters. The predicted molar refractivity (Wildman–Crippen MR) is 72.7 cm³/mol. The third-order valence-corrected chi connectivity index (χ3v) is 3.27. The highest BCUT2D eigenvalue weighted by Crippen LogP contribution is 2.26. The van der Waals surface area contributed by atoms with Gasteiger partial charge in [-0.15, -0.1) is 0 Å². The molecule has 3 heteroatoms. The van der Waals surface area contributed by atoms with E-state index in [0.29, 0.717) is 0 Å². The number of nitrogens with two attached hydrogens (primary N) is 1. The van der Waals surface area contributed by atoms with Crippen molar-refractivity contribution in [2.45, 2.75) is 6.04 Å². The zero-order valence-corrected chi connectivity index (χ0v) is 10.1. The van der Waals surface area contributed by atoms with Gasteiger partial charge >= 0.3 is 5.96 Å². The van der Waals surface area contributed by atoms with Gasteiger partial charge in [0.2, 0.25) is 0 Å². The van der Waals surface area contributed by atoms with E-state index in [9.17, 15) is 0 Å². The summed E-state index contributed by atoms with van der Waals surface area (Å²) in [6, 6.07) is 20.9. The van der Waals surface area contributed by atoms with Crippen LogP contribution in [-0.4, -0.2) is 17.1 Å². The van der Waals surface area contributed by atoms with E-state index < -0.39 is 0 Å². The summed E-state index contributed by atoms with van der Waals surface area (Å²) >= 11 is 0. The van der Waals surface area contributed by atoms with E-state index in [1.165, 1.54) is 5.56 Å². The first-order valence-electron chi connectivity index (χ1n) is 6.12. The maximum Gasteiger partial charge on any atom is 0.349 e. The molecule has 90 valence electrons. The highest BCUT2D eigenvalue weighted by molar-refractivity contribution is 5.75. The van der Waals surface area contributed by atoms with Crippen molar-refractivity contribution in [3.8, 4) is 0 Å². The summed E-state index contributed by atoms with van der Waals surface area (Å²) in [5.41, 5.74) is 8.46. The van der Waals surface area contributed by atoms with Crippen molar-refractivity contribution in [2.24, 2.45) is 5.73 Å². The molecule has 3 N–H and O–H groups in total. The number of para-hydroxylation sites is 1. The van der Waals surface area contributed by atoms with Crippen molar-refractivity contribution in [3.05, 3.63) is 66.2 Å². The molecule has 3 rings (SSSR count). The van der Waals surface area contributed by atoms with Gasteiger partial charge in [-0.2, -0.15) is 0 Å². The van der Waals surface area contributed by atoms with E-state index in [4.69, 9.17) is 5.73 Å². The van der Waals surface area contributed by atoms with Crippen molar-refractivity contribution < 1.29 is 4.58 Å². The van der Waals surface area contributed by atoms with Crippen LogP contribution in [0.3, 0.4) is 0 Å². The SMILES string of the molecule is NC1=[N+](c2ccccc2)C(c2ccccc2)CN1. The molecule has 1 heterocycles. The first-order valence-corrected chi connectivity index (χ1v) is 6.12. The lowest BCUT2D eigenvalue weighted by molar-refractivity contribution is -0.480. The number of benzene rings is 2.